The minimum Gasteiger partial charge on any atom is -0.457 e. The maximum Gasteiger partial charge on any atom is 0.264 e. The molecule has 2 aromatic carbocycles. The number of furan rings is 1. The van der Waals surface area contributed by atoms with Gasteiger partial charge in [-0.3, -0.25) is 10.1 Å². The molecule has 144 valence electrons. The minimum absolute atomic E-state index is 0.262. The number of benzene rings is 2. The molecule has 0 atom stereocenters. The van der Waals surface area contributed by atoms with Gasteiger partial charge in [-0.05, 0) is 41.6 Å². The molecule has 1 fully saturated rings. The third-order valence-electron chi connectivity index (χ3n) is 3.92. The molecule has 1 amide bonds. The highest BCUT2D eigenvalue weighted by atomic mass is 35.5. The monoisotopic (exact) mass is 441 g/mol. The molecular weight excluding hydrogens is 429 g/mol. The quantitative estimate of drug-likeness (QED) is 0.313. The number of rotatable bonds is 4. The lowest BCUT2D eigenvalue weighted by atomic mass is 10.2. The molecule has 0 spiro atoms. The van der Waals surface area contributed by atoms with Gasteiger partial charge in [0.25, 0.3) is 5.91 Å². The van der Waals surface area contributed by atoms with Crippen LogP contribution in [0.25, 0.3) is 17.4 Å². The summed E-state index contributed by atoms with van der Waals surface area (Å²) in [5.74, 6) is 0.819. The molecule has 1 aliphatic rings. The first-order valence-corrected chi connectivity index (χ1v) is 10.1. The molecular formula is C21H13Cl2N3O2S. The Morgan fingerprint density at radius 3 is 2.66 bits per heavy atom. The van der Waals surface area contributed by atoms with Gasteiger partial charge in [-0.25, -0.2) is 0 Å². The maximum atomic E-state index is 12.2. The third-order valence-corrected chi connectivity index (χ3v) is 5.64. The van der Waals surface area contributed by atoms with Gasteiger partial charge in [0.15, 0.2) is 5.17 Å². The van der Waals surface area contributed by atoms with Crippen molar-refractivity contribution < 1.29 is 9.21 Å². The van der Waals surface area contributed by atoms with Crippen LogP contribution in [0.3, 0.4) is 0 Å². The predicted molar refractivity (Wildman–Crippen MR) is 119 cm³/mol. The Balaban J connectivity index is 1.50. The molecule has 5 nitrogen and oxygen atoms in total. The Bertz CT molecular complexity index is 1150. The predicted octanol–water partition coefficient (Wildman–Crippen LogP) is 5.85. The molecule has 2 heterocycles. The number of nitrogens with zero attached hydrogens (tertiary/aromatic N) is 2. The Labute approximate surface area is 181 Å². The van der Waals surface area contributed by atoms with Crippen molar-refractivity contribution >= 4 is 58.3 Å². The van der Waals surface area contributed by atoms with Crippen LogP contribution in [-0.4, -0.2) is 17.3 Å². The number of hydrogen-bond donors (Lipinski definition) is 1. The highest BCUT2D eigenvalue weighted by molar-refractivity contribution is 8.18. The Kier molecular flexibility index (Phi) is 5.85. The molecule has 4 rings (SSSR count). The zero-order valence-electron chi connectivity index (χ0n) is 14.8. The van der Waals surface area contributed by atoms with Crippen LogP contribution >= 0.6 is 35.0 Å². The molecule has 0 aliphatic carbocycles. The number of thioether (sulfide) groups is 1. The van der Waals surface area contributed by atoms with Crippen molar-refractivity contribution in [2.45, 2.75) is 0 Å². The fraction of sp³-hybridized carbons (Fsp3) is 0. The number of nitrogens with one attached hydrogen (secondary N) is 1. The molecule has 29 heavy (non-hydrogen) atoms. The molecule has 0 radical (unpaired) electrons. The molecule has 0 bridgehead atoms. The number of halogens is 2. The molecule has 1 saturated heterocycles. The van der Waals surface area contributed by atoms with E-state index in [1.54, 1.807) is 36.6 Å². The summed E-state index contributed by atoms with van der Waals surface area (Å²) in [4.78, 5) is 12.6. The Morgan fingerprint density at radius 2 is 1.83 bits per heavy atom. The zero-order valence-corrected chi connectivity index (χ0v) is 17.1. The molecule has 1 aliphatic heterocycles. The molecule has 0 unspecified atom stereocenters. The van der Waals surface area contributed by atoms with Crippen LogP contribution in [0.1, 0.15) is 11.3 Å². The summed E-state index contributed by atoms with van der Waals surface area (Å²) in [6.45, 7) is 0. The largest absolute Gasteiger partial charge is 0.457 e. The van der Waals surface area contributed by atoms with E-state index in [0.29, 0.717) is 37.2 Å². The Morgan fingerprint density at radius 1 is 1.00 bits per heavy atom. The summed E-state index contributed by atoms with van der Waals surface area (Å²) in [5.41, 5.74) is 1.61. The van der Waals surface area contributed by atoms with Crippen LogP contribution in [0.5, 0.6) is 0 Å². The molecule has 1 N–H and O–H groups in total. The SMILES string of the molecule is O=C1N/C(=N\N=C\c2ccccc2)S/C1=C/c1ccc(-c2cccc(Cl)c2Cl)o1. The van der Waals surface area contributed by atoms with E-state index in [9.17, 15) is 4.79 Å². The highest BCUT2D eigenvalue weighted by Crippen LogP contribution is 2.35. The first-order chi connectivity index (χ1) is 14.1. The first kappa shape index (κ1) is 19.5. The van der Waals surface area contributed by atoms with Crippen molar-refractivity contribution in [3.05, 3.63) is 86.9 Å². The van der Waals surface area contributed by atoms with Crippen LogP contribution in [0.2, 0.25) is 10.0 Å². The van der Waals surface area contributed by atoms with Crippen molar-refractivity contribution in [1.29, 1.82) is 0 Å². The molecule has 1 aromatic heterocycles. The third kappa shape index (κ3) is 4.62. The van der Waals surface area contributed by atoms with Gasteiger partial charge in [0.05, 0.1) is 21.2 Å². The van der Waals surface area contributed by atoms with Gasteiger partial charge in [0.1, 0.15) is 11.5 Å². The van der Waals surface area contributed by atoms with Crippen molar-refractivity contribution in [3.63, 3.8) is 0 Å². The highest BCUT2D eigenvalue weighted by Gasteiger charge is 2.24. The average molecular weight is 442 g/mol. The van der Waals surface area contributed by atoms with E-state index in [2.05, 4.69) is 15.5 Å². The molecule has 8 heteroatoms. The fourth-order valence-corrected chi connectivity index (χ4v) is 3.71. The van der Waals surface area contributed by atoms with Gasteiger partial charge in [-0.1, -0.05) is 59.6 Å². The van der Waals surface area contributed by atoms with Crippen LogP contribution in [0.4, 0.5) is 0 Å². The lowest BCUT2D eigenvalue weighted by molar-refractivity contribution is -0.115. The van der Waals surface area contributed by atoms with Gasteiger partial charge in [-0.15, -0.1) is 5.10 Å². The summed E-state index contributed by atoms with van der Waals surface area (Å²) in [6.07, 6.45) is 3.26. The van der Waals surface area contributed by atoms with Gasteiger partial charge < -0.3 is 4.42 Å². The molecule has 3 aromatic rings. The van der Waals surface area contributed by atoms with Crippen molar-refractivity contribution in [1.82, 2.24) is 5.32 Å². The summed E-state index contributed by atoms with van der Waals surface area (Å²) in [7, 11) is 0. The topological polar surface area (TPSA) is 67.0 Å². The van der Waals surface area contributed by atoms with E-state index in [1.165, 1.54) is 11.8 Å². The number of hydrogen-bond acceptors (Lipinski definition) is 5. The van der Waals surface area contributed by atoms with Crippen LogP contribution in [0.15, 0.2) is 80.2 Å². The van der Waals surface area contributed by atoms with E-state index in [0.717, 1.165) is 5.56 Å². The number of amides is 1. The van der Waals surface area contributed by atoms with Crippen LogP contribution in [-0.2, 0) is 4.79 Å². The first-order valence-electron chi connectivity index (χ1n) is 8.51. The zero-order chi connectivity index (χ0) is 20.2. The van der Waals surface area contributed by atoms with Crippen molar-refractivity contribution in [3.8, 4) is 11.3 Å². The number of carbonyl (C=O) groups is 1. The second-order valence-corrected chi connectivity index (χ2v) is 7.74. The second kappa shape index (κ2) is 8.69. The van der Waals surface area contributed by atoms with Crippen molar-refractivity contribution in [2.24, 2.45) is 10.2 Å². The smallest absolute Gasteiger partial charge is 0.264 e. The van der Waals surface area contributed by atoms with Gasteiger partial charge in [0, 0.05) is 11.6 Å². The van der Waals surface area contributed by atoms with Crippen molar-refractivity contribution in [2.75, 3.05) is 0 Å². The maximum absolute atomic E-state index is 12.2. The standard InChI is InChI=1S/C21H13Cl2N3O2S/c22-16-8-4-7-15(19(16)23)17-10-9-14(28-17)11-18-20(27)25-21(29-18)26-24-12-13-5-2-1-3-6-13/h1-12H,(H,25,26,27)/b18-11+,24-12+. The summed E-state index contributed by atoms with van der Waals surface area (Å²) in [6, 6.07) is 18.4. The lowest BCUT2D eigenvalue weighted by Crippen LogP contribution is -2.19. The van der Waals surface area contributed by atoms with Crippen LogP contribution < -0.4 is 5.32 Å². The summed E-state index contributed by atoms with van der Waals surface area (Å²) >= 11 is 13.5. The van der Waals surface area contributed by atoms with E-state index in [-0.39, 0.29) is 5.91 Å². The Hall–Kier alpha value is -2.80. The van der Waals surface area contributed by atoms with E-state index >= 15 is 0 Å². The minimum atomic E-state index is -0.262. The van der Waals surface area contributed by atoms with E-state index in [1.807, 2.05) is 36.4 Å². The van der Waals surface area contributed by atoms with Gasteiger partial charge in [0.2, 0.25) is 0 Å². The summed E-state index contributed by atoms with van der Waals surface area (Å²) < 4.78 is 5.81. The number of carbonyl (C=O) groups excluding carboxylic acids is 1. The average Bonchev–Trinajstić information content (AvgIpc) is 3.32. The normalized spacial score (nSPS) is 16.8. The second-order valence-electron chi connectivity index (χ2n) is 5.93. The fourth-order valence-electron chi connectivity index (χ4n) is 2.56. The van der Waals surface area contributed by atoms with E-state index in [4.69, 9.17) is 27.6 Å². The number of amidine groups is 1. The van der Waals surface area contributed by atoms with E-state index < -0.39 is 0 Å². The molecule has 0 saturated carbocycles. The van der Waals surface area contributed by atoms with Crippen LogP contribution in [0, 0.1) is 0 Å². The van der Waals surface area contributed by atoms with Gasteiger partial charge in [-0.2, -0.15) is 5.10 Å². The lowest BCUT2D eigenvalue weighted by Gasteiger charge is -2.01. The van der Waals surface area contributed by atoms with Gasteiger partial charge >= 0.3 is 0 Å². The summed E-state index contributed by atoms with van der Waals surface area (Å²) in [5, 5.41) is 12.0.